The average Bonchev–Trinajstić information content (AvgIpc) is 3.16. The van der Waals surface area contributed by atoms with Crippen LogP contribution in [0.4, 0.5) is 5.13 Å². The van der Waals surface area contributed by atoms with Gasteiger partial charge >= 0.3 is 0 Å². The molecule has 1 aliphatic heterocycles. The highest BCUT2D eigenvalue weighted by Gasteiger charge is 2.25. The molecule has 1 aliphatic rings. The number of carbonyl (C=O) groups is 2. The molecule has 0 aliphatic carbocycles. The van der Waals surface area contributed by atoms with E-state index >= 15 is 0 Å². The van der Waals surface area contributed by atoms with Gasteiger partial charge in [-0.2, -0.15) is 0 Å². The number of rotatable bonds is 5. The molecule has 156 valence electrons. The van der Waals surface area contributed by atoms with Crippen molar-refractivity contribution in [3.05, 3.63) is 53.3 Å². The van der Waals surface area contributed by atoms with Gasteiger partial charge in [-0.1, -0.05) is 23.5 Å². The van der Waals surface area contributed by atoms with Gasteiger partial charge in [-0.15, -0.1) is 0 Å². The Kier molecular flexibility index (Phi) is 5.91. The van der Waals surface area contributed by atoms with E-state index in [1.54, 1.807) is 23.1 Å². The summed E-state index contributed by atoms with van der Waals surface area (Å²) in [6.45, 7) is 1.55. The second-order valence-corrected chi connectivity index (χ2v) is 8.45. The summed E-state index contributed by atoms with van der Waals surface area (Å²) in [5.74, 6) is -0.461. The summed E-state index contributed by atoms with van der Waals surface area (Å²) in [5.41, 5.74) is 7.93. The van der Waals surface area contributed by atoms with Crippen molar-refractivity contribution in [1.82, 2.24) is 20.2 Å². The molecule has 2 amide bonds. The van der Waals surface area contributed by atoms with Gasteiger partial charge in [-0.25, -0.2) is 9.97 Å². The SMILES string of the molecule is Nc1nc2ccc(CNC(=O)c3cccc(C(=O)N4CCCC(CO)C4)n3)cc2s1. The molecule has 30 heavy (non-hydrogen) atoms. The van der Waals surface area contributed by atoms with Crippen LogP contribution in [0, 0.1) is 5.92 Å². The molecule has 1 unspecified atom stereocenters. The van der Waals surface area contributed by atoms with Crippen LogP contribution in [-0.4, -0.2) is 51.5 Å². The molecule has 3 heterocycles. The third kappa shape index (κ3) is 4.42. The number of nitrogens with one attached hydrogen (secondary N) is 1. The topological polar surface area (TPSA) is 121 Å². The number of benzene rings is 1. The predicted octanol–water partition coefficient (Wildman–Crippen LogP) is 2.05. The Morgan fingerprint density at radius 3 is 2.90 bits per heavy atom. The number of piperidine rings is 1. The highest BCUT2D eigenvalue weighted by atomic mass is 32.1. The molecule has 1 saturated heterocycles. The number of aliphatic hydroxyl groups excluding tert-OH is 1. The number of likely N-dealkylation sites (tertiary alicyclic amines) is 1. The highest BCUT2D eigenvalue weighted by molar-refractivity contribution is 7.22. The molecular weight excluding hydrogens is 402 g/mol. The Bertz CT molecular complexity index is 1080. The average molecular weight is 426 g/mol. The van der Waals surface area contributed by atoms with Gasteiger partial charge in [0.2, 0.25) is 0 Å². The number of anilines is 1. The van der Waals surface area contributed by atoms with E-state index in [1.165, 1.54) is 11.3 Å². The number of aliphatic hydroxyl groups is 1. The summed E-state index contributed by atoms with van der Waals surface area (Å²) in [6, 6.07) is 10.6. The van der Waals surface area contributed by atoms with Crippen molar-refractivity contribution >= 4 is 38.5 Å². The summed E-state index contributed by atoms with van der Waals surface area (Å²) in [7, 11) is 0. The van der Waals surface area contributed by atoms with E-state index in [0.29, 0.717) is 24.8 Å². The molecule has 0 bridgehead atoms. The van der Waals surface area contributed by atoms with E-state index in [-0.39, 0.29) is 35.7 Å². The molecule has 4 N–H and O–H groups in total. The Morgan fingerprint density at radius 1 is 1.23 bits per heavy atom. The summed E-state index contributed by atoms with van der Waals surface area (Å²) < 4.78 is 0.965. The summed E-state index contributed by atoms with van der Waals surface area (Å²) in [4.78, 5) is 35.5. The van der Waals surface area contributed by atoms with E-state index in [2.05, 4.69) is 15.3 Å². The zero-order valence-corrected chi connectivity index (χ0v) is 17.2. The van der Waals surface area contributed by atoms with Crippen LogP contribution in [0.15, 0.2) is 36.4 Å². The largest absolute Gasteiger partial charge is 0.396 e. The van der Waals surface area contributed by atoms with E-state index in [0.717, 1.165) is 28.6 Å². The van der Waals surface area contributed by atoms with E-state index < -0.39 is 0 Å². The fourth-order valence-electron chi connectivity index (χ4n) is 3.61. The second kappa shape index (κ2) is 8.76. The van der Waals surface area contributed by atoms with Gasteiger partial charge in [0.1, 0.15) is 11.4 Å². The number of thiazole rings is 1. The van der Waals surface area contributed by atoms with E-state index in [1.807, 2.05) is 18.2 Å². The van der Waals surface area contributed by atoms with Gasteiger partial charge in [-0.3, -0.25) is 9.59 Å². The van der Waals surface area contributed by atoms with Crippen molar-refractivity contribution in [2.45, 2.75) is 19.4 Å². The Hall–Kier alpha value is -3.04. The van der Waals surface area contributed by atoms with Crippen LogP contribution >= 0.6 is 11.3 Å². The van der Waals surface area contributed by atoms with Crippen molar-refractivity contribution < 1.29 is 14.7 Å². The normalized spacial score (nSPS) is 16.6. The van der Waals surface area contributed by atoms with Gasteiger partial charge in [0, 0.05) is 26.2 Å². The van der Waals surface area contributed by atoms with Gasteiger partial charge in [0.25, 0.3) is 11.8 Å². The monoisotopic (exact) mass is 425 g/mol. The molecule has 2 aromatic heterocycles. The molecule has 8 nitrogen and oxygen atoms in total. The minimum atomic E-state index is -0.347. The molecular formula is C21H23N5O3S. The van der Waals surface area contributed by atoms with Crippen molar-refractivity contribution in [1.29, 1.82) is 0 Å². The smallest absolute Gasteiger partial charge is 0.272 e. The number of amides is 2. The Labute approximate surface area is 177 Å². The first-order chi connectivity index (χ1) is 14.5. The van der Waals surface area contributed by atoms with Crippen LogP contribution in [0.2, 0.25) is 0 Å². The molecule has 4 rings (SSSR count). The molecule has 0 spiro atoms. The third-order valence-corrected chi connectivity index (χ3v) is 6.04. The lowest BCUT2D eigenvalue weighted by molar-refractivity contribution is 0.0615. The van der Waals surface area contributed by atoms with Gasteiger partial charge in [0.15, 0.2) is 5.13 Å². The van der Waals surface area contributed by atoms with Crippen LogP contribution in [0.1, 0.15) is 39.4 Å². The molecule has 1 atom stereocenters. The number of pyridine rings is 1. The maximum atomic E-state index is 12.8. The quantitative estimate of drug-likeness (QED) is 0.575. The lowest BCUT2D eigenvalue weighted by Gasteiger charge is -2.31. The van der Waals surface area contributed by atoms with Crippen molar-refractivity contribution in [3.8, 4) is 0 Å². The lowest BCUT2D eigenvalue weighted by atomic mass is 9.99. The number of nitrogens with two attached hydrogens (primary N) is 1. The zero-order chi connectivity index (χ0) is 21.1. The zero-order valence-electron chi connectivity index (χ0n) is 16.4. The summed E-state index contributed by atoms with van der Waals surface area (Å²) >= 11 is 1.40. The second-order valence-electron chi connectivity index (χ2n) is 7.39. The first-order valence-corrected chi connectivity index (χ1v) is 10.7. The fraction of sp³-hybridized carbons (Fsp3) is 0.333. The van der Waals surface area contributed by atoms with Crippen LogP contribution in [0.3, 0.4) is 0 Å². The van der Waals surface area contributed by atoms with Crippen molar-refractivity contribution in [3.63, 3.8) is 0 Å². The van der Waals surface area contributed by atoms with Crippen LogP contribution in [0.5, 0.6) is 0 Å². The summed E-state index contributed by atoms with van der Waals surface area (Å²) in [6.07, 6.45) is 1.77. The minimum absolute atomic E-state index is 0.0690. The Morgan fingerprint density at radius 2 is 2.07 bits per heavy atom. The van der Waals surface area contributed by atoms with Crippen molar-refractivity contribution in [2.75, 3.05) is 25.4 Å². The number of fused-ring (bicyclic) bond motifs is 1. The number of aromatic nitrogens is 2. The summed E-state index contributed by atoms with van der Waals surface area (Å²) in [5, 5.41) is 12.7. The lowest BCUT2D eigenvalue weighted by Crippen LogP contribution is -2.41. The number of nitrogen functional groups attached to an aromatic ring is 1. The Balaban J connectivity index is 1.42. The van der Waals surface area contributed by atoms with Gasteiger partial charge < -0.3 is 21.1 Å². The number of nitrogens with zero attached hydrogens (tertiary/aromatic N) is 3. The molecule has 1 fully saturated rings. The van der Waals surface area contributed by atoms with Crippen LogP contribution < -0.4 is 11.1 Å². The molecule has 0 radical (unpaired) electrons. The number of carbonyl (C=O) groups excluding carboxylic acids is 2. The first-order valence-electron chi connectivity index (χ1n) is 9.84. The van der Waals surface area contributed by atoms with Gasteiger partial charge in [-0.05, 0) is 48.6 Å². The number of hydrogen-bond acceptors (Lipinski definition) is 7. The van der Waals surface area contributed by atoms with E-state index in [4.69, 9.17) is 5.73 Å². The molecule has 9 heteroatoms. The van der Waals surface area contributed by atoms with Crippen molar-refractivity contribution in [2.24, 2.45) is 5.92 Å². The molecule has 1 aromatic carbocycles. The first kappa shape index (κ1) is 20.2. The molecule has 0 saturated carbocycles. The van der Waals surface area contributed by atoms with Crippen LogP contribution in [-0.2, 0) is 6.54 Å². The van der Waals surface area contributed by atoms with E-state index in [9.17, 15) is 14.7 Å². The maximum Gasteiger partial charge on any atom is 0.272 e. The fourth-order valence-corrected chi connectivity index (χ4v) is 4.41. The minimum Gasteiger partial charge on any atom is -0.396 e. The number of hydrogen-bond donors (Lipinski definition) is 3. The maximum absolute atomic E-state index is 12.8. The standard InChI is InChI=1S/C21H23N5O3S/c22-21-25-15-7-6-13(9-18(15)30-21)10-23-19(28)16-4-1-5-17(24-16)20(29)26-8-2-3-14(11-26)12-27/h1,4-7,9,14,27H,2-3,8,10-12H2,(H2,22,25)(H,23,28). The predicted molar refractivity (Wildman–Crippen MR) is 115 cm³/mol. The van der Waals surface area contributed by atoms with Gasteiger partial charge in [0.05, 0.1) is 10.2 Å². The van der Waals surface area contributed by atoms with Crippen LogP contribution in [0.25, 0.3) is 10.2 Å². The highest BCUT2D eigenvalue weighted by Crippen LogP contribution is 2.24. The third-order valence-electron chi connectivity index (χ3n) is 5.19. The molecule has 3 aromatic rings.